The highest BCUT2D eigenvalue weighted by atomic mass is 127. The van der Waals surface area contributed by atoms with Gasteiger partial charge in [0.15, 0.2) is 0 Å². The molecule has 0 saturated carbocycles. The largest absolute Gasteiger partial charge is 1.00 e. The average molecular weight is 560 g/mol. The summed E-state index contributed by atoms with van der Waals surface area (Å²) in [6.07, 6.45) is 2.75. The maximum atomic E-state index is 6.07. The lowest BCUT2D eigenvalue weighted by atomic mass is 9.91. The lowest BCUT2D eigenvalue weighted by Gasteiger charge is -2.50. The molecule has 0 spiro atoms. The van der Waals surface area contributed by atoms with Crippen LogP contribution < -0.4 is 39.9 Å². The van der Waals surface area contributed by atoms with Crippen LogP contribution in [0.2, 0.25) is 0 Å². The Morgan fingerprint density at radius 2 is 1.03 bits per heavy atom. The summed E-state index contributed by atoms with van der Waals surface area (Å²) in [5, 5.41) is 4.23. The third-order valence-corrected chi connectivity index (χ3v) is 11.0. The highest BCUT2D eigenvalue weighted by Gasteiger charge is 2.51. The van der Waals surface area contributed by atoms with E-state index in [9.17, 15) is 0 Å². The molecule has 0 aliphatic carbocycles. The fourth-order valence-electron chi connectivity index (χ4n) is 4.73. The van der Waals surface area contributed by atoms with Gasteiger partial charge in [-0.2, -0.15) is 0 Å². The van der Waals surface area contributed by atoms with Crippen LogP contribution in [0, 0.1) is 5.41 Å². The molecule has 3 saturated heterocycles. The van der Waals surface area contributed by atoms with Gasteiger partial charge in [-0.1, -0.05) is 61.5 Å². The molecule has 6 rings (SSSR count). The van der Waals surface area contributed by atoms with Gasteiger partial charge in [-0.05, 0) is 42.8 Å². The summed E-state index contributed by atoms with van der Waals surface area (Å²) < 4.78 is 18.2. The van der Waals surface area contributed by atoms with Crippen molar-refractivity contribution in [2.45, 2.75) is 25.7 Å². The average Bonchev–Trinajstić information content (AvgIpc) is 2.85. The zero-order valence-corrected chi connectivity index (χ0v) is 21.5. The van der Waals surface area contributed by atoms with Crippen LogP contribution in [0.25, 0.3) is 0 Å². The lowest BCUT2D eigenvalue weighted by molar-refractivity contribution is -0.467. The maximum absolute atomic E-state index is 6.07. The van der Waals surface area contributed by atoms with Gasteiger partial charge >= 0.3 is 0 Å². The van der Waals surface area contributed by atoms with Crippen LogP contribution >= 0.6 is 7.26 Å². The Hall–Kier alpha value is -1.30. The molecule has 0 atom stereocenters. The van der Waals surface area contributed by atoms with E-state index in [4.69, 9.17) is 14.2 Å². The minimum Gasteiger partial charge on any atom is -1.00 e. The first-order valence-electron chi connectivity index (χ1n) is 11.1. The van der Waals surface area contributed by atoms with Crippen molar-refractivity contribution < 1.29 is 38.2 Å². The van der Waals surface area contributed by atoms with Crippen molar-refractivity contribution in [3.05, 3.63) is 91.0 Å². The third-order valence-electron chi connectivity index (χ3n) is 6.49. The summed E-state index contributed by atoms with van der Waals surface area (Å²) in [6.45, 7) is 4.29. The van der Waals surface area contributed by atoms with E-state index in [0.717, 1.165) is 19.0 Å². The topological polar surface area (TPSA) is 27.7 Å². The number of ether oxygens (including phenoxy) is 3. The van der Waals surface area contributed by atoms with Crippen molar-refractivity contribution >= 4 is 23.2 Å². The van der Waals surface area contributed by atoms with Gasteiger partial charge in [-0.15, -0.1) is 0 Å². The zero-order chi connectivity index (χ0) is 21.2. The summed E-state index contributed by atoms with van der Waals surface area (Å²) in [4.78, 5) is 0. The van der Waals surface area contributed by atoms with Crippen LogP contribution in [0.1, 0.15) is 19.8 Å². The number of hydrogen-bond acceptors (Lipinski definition) is 3. The number of benzene rings is 3. The molecule has 3 heterocycles. The molecule has 3 fully saturated rings. The molecular formula is C27H30IO3P. The van der Waals surface area contributed by atoms with Gasteiger partial charge in [-0.25, -0.2) is 0 Å². The molecule has 0 radical (unpaired) electrons. The number of halogens is 1. The molecule has 0 amide bonds. The van der Waals surface area contributed by atoms with E-state index >= 15 is 0 Å². The molecule has 3 aliphatic heterocycles. The number of hydrogen-bond donors (Lipinski definition) is 0. The second-order valence-electron chi connectivity index (χ2n) is 9.00. The second-order valence-corrected chi connectivity index (χ2v) is 12.6. The molecule has 0 aromatic heterocycles. The fraction of sp³-hybridized carbons (Fsp3) is 0.333. The Kier molecular flexibility index (Phi) is 7.38. The molecule has 5 heteroatoms. The molecule has 3 nitrogen and oxygen atoms in total. The van der Waals surface area contributed by atoms with Crippen molar-refractivity contribution in [2.75, 3.05) is 26.0 Å². The minimum absolute atomic E-state index is 0. The smallest absolute Gasteiger partial charge is 0.283 e. The van der Waals surface area contributed by atoms with Crippen molar-refractivity contribution in [3.63, 3.8) is 0 Å². The van der Waals surface area contributed by atoms with Crippen molar-refractivity contribution in [3.8, 4) is 0 Å². The Bertz CT molecular complexity index is 876. The fourth-order valence-corrected chi connectivity index (χ4v) is 9.08. The molecule has 0 N–H and O–H groups in total. The molecular weight excluding hydrogens is 530 g/mol. The first-order chi connectivity index (χ1) is 15.1. The summed E-state index contributed by atoms with van der Waals surface area (Å²) in [5.41, 5.74) is -0.00335. The highest BCUT2D eigenvalue weighted by molar-refractivity contribution is 7.95. The predicted octanol–water partition coefficient (Wildman–Crippen LogP) is 1.50. The van der Waals surface area contributed by atoms with E-state index in [-0.39, 0.29) is 29.4 Å². The van der Waals surface area contributed by atoms with Crippen LogP contribution in [0.3, 0.4) is 0 Å². The Balaban J connectivity index is 0.00000245. The van der Waals surface area contributed by atoms with Crippen molar-refractivity contribution in [2.24, 2.45) is 5.41 Å². The summed E-state index contributed by atoms with van der Waals surface area (Å²) in [5.74, 6) is -0.864. The first-order valence-corrected chi connectivity index (χ1v) is 13.1. The molecule has 2 bridgehead atoms. The van der Waals surface area contributed by atoms with Crippen LogP contribution in [0.5, 0.6) is 0 Å². The third kappa shape index (κ3) is 4.53. The van der Waals surface area contributed by atoms with Crippen LogP contribution in [0.4, 0.5) is 0 Å². The molecule has 3 aliphatic rings. The minimum atomic E-state index is -1.83. The summed E-state index contributed by atoms with van der Waals surface area (Å²) >= 11 is 0. The van der Waals surface area contributed by atoms with E-state index in [0.29, 0.717) is 19.8 Å². The molecule has 0 unspecified atom stereocenters. The highest BCUT2D eigenvalue weighted by Crippen LogP contribution is 2.56. The standard InChI is InChI=1S/C27H30O3P.HI/c1-26-20-28-27(29-21-26,30-22-26)18-11-19-31(23-12-5-2-6-13-23,24-14-7-3-8-15-24)25-16-9-4-10-17-25;/h2-10,12-17H,11,18-22H2,1H3;1H/q+1;/p-1. The monoisotopic (exact) mass is 560 g/mol. The molecule has 3 aromatic carbocycles. The van der Waals surface area contributed by atoms with Gasteiger partial charge in [0, 0.05) is 11.8 Å². The van der Waals surface area contributed by atoms with Gasteiger partial charge in [-0.3, -0.25) is 0 Å². The first kappa shape index (κ1) is 23.8. The van der Waals surface area contributed by atoms with Crippen LogP contribution in [-0.4, -0.2) is 32.0 Å². The molecule has 168 valence electrons. The second kappa shape index (κ2) is 9.90. The van der Waals surface area contributed by atoms with Gasteiger partial charge in [0.1, 0.15) is 23.2 Å². The Morgan fingerprint density at radius 3 is 1.41 bits per heavy atom. The van der Waals surface area contributed by atoms with E-state index in [1.165, 1.54) is 15.9 Å². The summed E-state index contributed by atoms with van der Waals surface area (Å²) in [6, 6.07) is 33.0. The van der Waals surface area contributed by atoms with Crippen LogP contribution in [0.15, 0.2) is 91.0 Å². The Morgan fingerprint density at radius 1 is 0.656 bits per heavy atom. The van der Waals surface area contributed by atoms with E-state index in [2.05, 4.69) is 97.9 Å². The maximum Gasteiger partial charge on any atom is 0.283 e. The molecule has 3 aromatic rings. The SMILES string of the molecule is CC12COC(CCC[P+](c3ccccc3)(c3ccccc3)c3ccccc3)(OC1)OC2.[I-]. The van der Waals surface area contributed by atoms with Gasteiger partial charge in [0.05, 0.1) is 26.0 Å². The normalized spacial score (nSPS) is 24.7. The van der Waals surface area contributed by atoms with E-state index in [1.54, 1.807) is 0 Å². The number of fused-ring (bicyclic) bond motifs is 3. The predicted molar refractivity (Wildman–Crippen MR) is 128 cm³/mol. The lowest BCUT2D eigenvalue weighted by Crippen LogP contribution is -3.00. The zero-order valence-electron chi connectivity index (χ0n) is 18.5. The molecule has 32 heavy (non-hydrogen) atoms. The van der Waals surface area contributed by atoms with E-state index in [1.807, 2.05) is 0 Å². The van der Waals surface area contributed by atoms with E-state index < -0.39 is 13.2 Å². The summed E-state index contributed by atoms with van der Waals surface area (Å²) in [7, 11) is -1.83. The van der Waals surface area contributed by atoms with Gasteiger partial charge < -0.3 is 38.2 Å². The van der Waals surface area contributed by atoms with Crippen molar-refractivity contribution in [1.82, 2.24) is 0 Å². The van der Waals surface area contributed by atoms with Crippen LogP contribution in [-0.2, 0) is 14.2 Å². The quantitative estimate of drug-likeness (QED) is 0.324. The Labute approximate surface area is 208 Å². The van der Waals surface area contributed by atoms with Crippen molar-refractivity contribution in [1.29, 1.82) is 0 Å². The van der Waals surface area contributed by atoms with Gasteiger partial charge in [0.2, 0.25) is 0 Å². The number of rotatable bonds is 7. The van der Waals surface area contributed by atoms with Gasteiger partial charge in [0.25, 0.3) is 5.97 Å².